The van der Waals surface area contributed by atoms with Crippen LogP contribution in [0.3, 0.4) is 0 Å². The van der Waals surface area contributed by atoms with E-state index < -0.39 is 11.9 Å². The number of fused-ring (bicyclic) bond motifs is 3. The standard InChI is InChI=1S/C22H18F3N5O/c1-29-18-4-6-26-10-16(18)15-3-2-14(9-19(15)29)30-7-5-13(8-21(30)31)17-11-28-20(12-27-17)22(23,24)25/h2-3,5,7-9,11-12,26H,4,6,10H2,1H3. The summed E-state index contributed by atoms with van der Waals surface area (Å²) in [5, 5.41) is 4.56. The molecule has 31 heavy (non-hydrogen) atoms. The summed E-state index contributed by atoms with van der Waals surface area (Å²) in [5.74, 6) is 0. The number of alkyl halides is 3. The summed E-state index contributed by atoms with van der Waals surface area (Å²) in [6.07, 6.45) is -0.307. The van der Waals surface area contributed by atoms with Gasteiger partial charge in [-0.3, -0.25) is 14.3 Å². The Morgan fingerprint density at radius 1 is 1.10 bits per heavy atom. The molecule has 1 aliphatic heterocycles. The fourth-order valence-corrected chi connectivity index (χ4v) is 4.12. The Labute approximate surface area is 175 Å². The van der Waals surface area contributed by atoms with Crippen molar-refractivity contribution >= 4 is 10.9 Å². The molecule has 0 aliphatic carbocycles. The average molecular weight is 425 g/mol. The van der Waals surface area contributed by atoms with Gasteiger partial charge in [-0.15, -0.1) is 0 Å². The fourth-order valence-electron chi connectivity index (χ4n) is 4.12. The first-order valence-corrected chi connectivity index (χ1v) is 9.76. The summed E-state index contributed by atoms with van der Waals surface area (Å²) in [7, 11) is 2.03. The number of aryl methyl sites for hydroxylation is 1. The number of benzene rings is 1. The highest BCUT2D eigenvalue weighted by atomic mass is 19.4. The molecule has 6 nitrogen and oxygen atoms in total. The average Bonchev–Trinajstić information content (AvgIpc) is 3.05. The molecular weight excluding hydrogens is 407 g/mol. The van der Waals surface area contributed by atoms with Crippen LogP contribution in [0.25, 0.3) is 27.8 Å². The van der Waals surface area contributed by atoms with Crippen molar-refractivity contribution < 1.29 is 13.2 Å². The molecular formula is C22H18F3N5O. The fraction of sp³-hybridized carbons (Fsp3) is 0.227. The van der Waals surface area contributed by atoms with Gasteiger partial charge in [0.1, 0.15) is 0 Å². The third-order valence-electron chi connectivity index (χ3n) is 5.70. The van der Waals surface area contributed by atoms with Crippen molar-refractivity contribution in [3.05, 3.63) is 76.2 Å². The van der Waals surface area contributed by atoms with E-state index in [0.717, 1.165) is 36.6 Å². The Morgan fingerprint density at radius 3 is 2.65 bits per heavy atom. The van der Waals surface area contributed by atoms with Gasteiger partial charge in [-0.05, 0) is 23.8 Å². The second kappa shape index (κ2) is 7.05. The molecule has 3 aromatic heterocycles. The highest BCUT2D eigenvalue weighted by molar-refractivity contribution is 5.87. The minimum atomic E-state index is -4.56. The molecule has 0 saturated carbocycles. The van der Waals surface area contributed by atoms with Crippen molar-refractivity contribution in [2.45, 2.75) is 19.1 Å². The monoisotopic (exact) mass is 425 g/mol. The van der Waals surface area contributed by atoms with Crippen molar-refractivity contribution in [1.82, 2.24) is 24.4 Å². The Balaban J connectivity index is 1.52. The minimum Gasteiger partial charge on any atom is -0.347 e. The molecule has 0 amide bonds. The highest BCUT2D eigenvalue weighted by Crippen LogP contribution is 2.30. The Hall–Kier alpha value is -3.46. The van der Waals surface area contributed by atoms with Crippen LogP contribution in [-0.4, -0.2) is 25.6 Å². The lowest BCUT2D eigenvalue weighted by molar-refractivity contribution is -0.141. The van der Waals surface area contributed by atoms with Gasteiger partial charge in [-0.25, -0.2) is 4.98 Å². The second-order valence-electron chi connectivity index (χ2n) is 7.52. The number of pyridine rings is 1. The Kier molecular flexibility index (Phi) is 4.44. The zero-order chi connectivity index (χ0) is 21.8. The summed E-state index contributed by atoms with van der Waals surface area (Å²) in [6.45, 7) is 1.77. The van der Waals surface area contributed by atoms with Crippen LogP contribution in [0.4, 0.5) is 13.2 Å². The lowest BCUT2D eigenvalue weighted by atomic mass is 10.1. The first-order valence-electron chi connectivity index (χ1n) is 9.76. The predicted octanol–water partition coefficient (Wildman–Crippen LogP) is 3.45. The quantitative estimate of drug-likeness (QED) is 0.534. The summed E-state index contributed by atoms with van der Waals surface area (Å²) >= 11 is 0. The van der Waals surface area contributed by atoms with Gasteiger partial charge in [-0.2, -0.15) is 13.2 Å². The zero-order valence-corrected chi connectivity index (χ0v) is 16.6. The van der Waals surface area contributed by atoms with E-state index in [9.17, 15) is 18.0 Å². The van der Waals surface area contributed by atoms with Crippen LogP contribution < -0.4 is 10.9 Å². The zero-order valence-electron chi connectivity index (χ0n) is 16.6. The smallest absolute Gasteiger partial charge is 0.347 e. The second-order valence-corrected chi connectivity index (χ2v) is 7.52. The molecule has 9 heteroatoms. The molecule has 158 valence electrons. The molecule has 1 aromatic carbocycles. The maximum Gasteiger partial charge on any atom is 0.434 e. The molecule has 1 N–H and O–H groups in total. The van der Waals surface area contributed by atoms with Gasteiger partial charge in [0.15, 0.2) is 5.69 Å². The normalized spacial score (nSPS) is 14.1. The van der Waals surface area contributed by atoms with Crippen molar-refractivity contribution in [3.8, 4) is 16.9 Å². The number of halogens is 3. The molecule has 5 rings (SSSR count). The summed E-state index contributed by atoms with van der Waals surface area (Å²) < 4.78 is 41.7. The molecule has 0 atom stereocenters. The highest BCUT2D eigenvalue weighted by Gasteiger charge is 2.32. The van der Waals surface area contributed by atoms with Crippen molar-refractivity contribution in [2.24, 2.45) is 7.05 Å². The van der Waals surface area contributed by atoms with Crippen molar-refractivity contribution in [1.29, 1.82) is 0 Å². The Bertz CT molecular complexity index is 1350. The Morgan fingerprint density at radius 2 is 1.94 bits per heavy atom. The SMILES string of the molecule is Cn1c2c(c3ccc(-n4ccc(-c5cnc(C(F)(F)F)cn5)cc4=O)cc31)CNCC2. The summed E-state index contributed by atoms with van der Waals surface area (Å²) in [6, 6.07) is 8.89. The van der Waals surface area contributed by atoms with Crippen LogP contribution in [0.15, 0.2) is 53.7 Å². The minimum absolute atomic E-state index is 0.204. The first-order chi connectivity index (χ1) is 14.8. The van der Waals surface area contributed by atoms with E-state index in [1.807, 2.05) is 25.2 Å². The molecule has 4 heterocycles. The van der Waals surface area contributed by atoms with Crippen molar-refractivity contribution in [3.63, 3.8) is 0 Å². The number of nitrogens with zero attached hydrogens (tertiary/aromatic N) is 4. The first kappa shape index (κ1) is 19.5. The van der Waals surface area contributed by atoms with E-state index in [4.69, 9.17) is 0 Å². The van der Waals surface area contributed by atoms with Crippen LogP contribution in [-0.2, 0) is 26.2 Å². The van der Waals surface area contributed by atoms with Crippen LogP contribution in [0, 0.1) is 0 Å². The van der Waals surface area contributed by atoms with Gasteiger partial charge >= 0.3 is 6.18 Å². The van der Waals surface area contributed by atoms with Crippen LogP contribution in [0.5, 0.6) is 0 Å². The van der Waals surface area contributed by atoms with E-state index in [0.29, 0.717) is 17.4 Å². The van der Waals surface area contributed by atoms with Crippen LogP contribution in [0.2, 0.25) is 0 Å². The number of hydrogen-bond acceptors (Lipinski definition) is 4. The molecule has 0 fully saturated rings. The van der Waals surface area contributed by atoms with E-state index in [1.54, 1.807) is 12.3 Å². The molecule has 0 radical (unpaired) electrons. The lowest BCUT2D eigenvalue weighted by Crippen LogP contribution is -2.24. The lowest BCUT2D eigenvalue weighted by Gasteiger charge is -2.14. The topological polar surface area (TPSA) is 64.7 Å². The largest absolute Gasteiger partial charge is 0.434 e. The molecule has 4 aromatic rings. The van der Waals surface area contributed by atoms with E-state index in [-0.39, 0.29) is 11.3 Å². The van der Waals surface area contributed by atoms with E-state index in [1.165, 1.54) is 21.9 Å². The van der Waals surface area contributed by atoms with Gasteiger partial charge in [0.2, 0.25) is 0 Å². The number of hydrogen-bond donors (Lipinski definition) is 1. The molecule has 0 bridgehead atoms. The number of rotatable bonds is 2. The summed E-state index contributed by atoms with van der Waals surface area (Å²) in [4.78, 5) is 20.0. The molecule has 1 aliphatic rings. The predicted molar refractivity (Wildman–Crippen MR) is 110 cm³/mol. The summed E-state index contributed by atoms with van der Waals surface area (Å²) in [5.41, 5.74) is 3.59. The van der Waals surface area contributed by atoms with Gasteiger partial charge in [0, 0.05) is 55.5 Å². The molecule has 0 unspecified atom stereocenters. The number of nitrogens with one attached hydrogen (secondary N) is 1. The van der Waals surface area contributed by atoms with Crippen LogP contribution >= 0.6 is 0 Å². The van der Waals surface area contributed by atoms with Gasteiger partial charge in [-0.1, -0.05) is 6.07 Å². The van der Waals surface area contributed by atoms with Crippen LogP contribution in [0.1, 0.15) is 17.0 Å². The van der Waals surface area contributed by atoms with Crippen molar-refractivity contribution in [2.75, 3.05) is 6.54 Å². The molecule has 0 spiro atoms. The third kappa shape index (κ3) is 3.31. The maximum absolute atomic E-state index is 12.8. The van der Waals surface area contributed by atoms with Gasteiger partial charge in [0.05, 0.1) is 29.3 Å². The van der Waals surface area contributed by atoms with Gasteiger partial charge < -0.3 is 9.88 Å². The maximum atomic E-state index is 12.8. The van der Waals surface area contributed by atoms with E-state index in [2.05, 4.69) is 19.9 Å². The number of aromatic nitrogens is 4. The molecule has 0 saturated heterocycles. The van der Waals surface area contributed by atoms with Gasteiger partial charge in [0.25, 0.3) is 5.56 Å². The third-order valence-corrected chi connectivity index (χ3v) is 5.70. The van der Waals surface area contributed by atoms with E-state index >= 15 is 0 Å².